The summed E-state index contributed by atoms with van der Waals surface area (Å²) in [6, 6.07) is 48.2. The molecule has 3 heterocycles. The molecule has 6 heteroatoms. The largest absolute Gasteiger partial charge is 0.422 e. The van der Waals surface area contributed by atoms with E-state index in [1.54, 1.807) is 0 Å². The molecule has 0 atom stereocenters. The number of fused-ring (bicyclic) bond motifs is 6. The van der Waals surface area contributed by atoms with Crippen molar-refractivity contribution in [3.05, 3.63) is 168 Å². The van der Waals surface area contributed by atoms with Gasteiger partial charge in [0.25, 0.3) is 0 Å². The van der Waals surface area contributed by atoms with E-state index in [1.165, 1.54) is 0 Å². The van der Waals surface area contributed by atoms with Gasteiger partial charge >= 0.3 is 5.63 Å². The van der Waals surface area contributed by atoms with Crippen LogP contribution in [0.1, 0.15) is 27.7 Å². The SMILES string of the molecule is C/C=C\C.CC.O=c1oc2ccccc2c2cc3c4ccccc4n(-c4ccc(-c5nc(-c6ccccc6)nc(-c6ccccc6)n5)cc4)c3cc12. The first-order valence-corrected chi connectivity index (χ1v) is 17.6. The van der Waals surface area contributed by atoms with E-state index in [0.29, 0.717) is 28.4 Å². The van der Waals surface area contributed by atoms with Crippen LogP contribution in [-0.2, 0) is 0 Å². The quantitative estimate of drug-likeness (QED) is 0.105. The van der Waals surface area contributed by atoms with Gasteiger partial charge < -0.3 is 8.98 Å². The summed E-state index contributed by atoms with van der Waals surface area (Å²) in [5.74, 6) is 1.83. The van der Waals surface area contributed by atoms with E-state index in [4.69, 9.17) is 19.4 Å². The Morgan fingerprint density at radius 2 is 0.981 bits per heavy atom. The minimum absolute atomic E-state index is 0.346. The summed E-state index contributed by atoms with van der Waals surface area (Å²) >= 11 is 0. The lowest BCUT2D eigenvalue weighted by Crippen LogP contribution is -2.01. The molecule has 0 radical (unpaired) electrons. The summed E-state index contributed by atoms with van der Waals surface area (Å²) in [6.07, 6.45) is 4.00. The molecular formula is C46H38N4O2. The molecule has 0 amide bonds. The van der Waals surface area contributed by atoms with Crippen LogP contribution in [-0.4, -0.2) is 19.5 Å². The Hall–Kier alpha value is -6.66. The normalized spacial score (nSPS) is 11.1. The number of para-hydroxylation sites is 2. The Kier molecular flexibility index (Phi) is 9.80. The average Bonchev–Trinajstić information content (AvgIpc) is 3.55. The fraction of sp³-hybridized carbons (Fsp3) is 0.0870. The Bertz CT molecular complexity index is 2670. The number of hydrogen-bond donors (Lipinski definition) is 0. The lowest BCUT2D eigenvalue weighted by atomic mass is 10.0. The summed E-state index contributed by atoms with van der Waals surface area (Å²) in [5, 5.41) is 4.54. The molecule has 0 saturated carbocycles. The predicted molar refractivity (Wildman–Crippen MR) is 216 cm³/mol. The molecule has 0 bridgehead atoms. The van der Waals surface area contributed by atoms with Crippen molar-refractivity contribution in [3.8, 4) is 39.9 Å². The lowest BCUT2D eigenvalue weighted by molar-refractivity contribution is 0.570. The number of nitrogens with zero attached hydrogens (tertiary/aromatic N) is 4. The van der Waals surface area contributed by atoms with Gasteiger partial charge in [0, 0.05) is 43.9 Å². The Labute approximate surface area is 302 Å². The fourth-order valence-corrected chi connectivity index (χ4v) is 6.32. The van der Waals surface area contributed by atoms with Gasteiger partial charge in [-0.3, -0.25) is 0 Å². The molecule has 0 aliphatic rings. The first-order valence-electron chi connectivity index (χ1n) is 17.6. The standard InChI is InChI=1S/C40H24N4O2.C4H8.C2H6/c45-40-33-24-35-32(23-31(33)30-16-8-10-18-36(30)46-40)29-15-7-9-17-34(29)44(35)28-21-19-27(20-22-28)39-42-37(25-11-3-1-4-12-25)41-38(43-39)26-13-5-2-6-14-26;1-3-4-2;1-2/h1-24H;3-4H,1-2H3;1-2H3/b;4-3-;. The zero-order chi connectivity index (χ0) is 36.0. The first kappa shape index (κ1) is 33.8. The molecule has 0 fully saturated rings. The highest BCUT2D eigenvalue weighted by Gasteiger charge is 2.17. The highest BCUT2D eigenvalue weighted by Crippen LogP contribution is 2.36. The molecule has 0 unspecified atom stereocenters. The van der Waals surface area contributed by atoms with E-state index < -0.39 is 0 Å². The van der Waals surface area contributed by atoms with E-state index >= 15 is 0 Å². The summed E-state index contributed by atoms with van der Waals surface area (Å²) < 4.78 is 7.90. The van der Waals surface area contributed by atoms with Crippen molar-refractivity contribution in [2.75, 3.05) is 0 Å². The third-order valence-corrected chi connectivity index (χ3v) is 8.83. The van der Waals surface area contributed by atoms with Gasteiger partial charge in [-0.1, -0.05) is 123 Å². The van der Waals surface area contributed by atoms with E-state index in [0.717, 1.165) is 55.0 Å². The molecule has 9 rings (SSSR count). The van der Waals surface area contributed by atoms with Crippen molar-refractivity contribution in [3.63, 3.8) is 0 Å². The predicted octanol–water partition coefficient (Wildman–Crippen LogP) is 11.8. The maximum Gasteiger partial charge on any atom is 0.344 e. The molecule has 9 aromatic rings. The van der Waals surface area contributed by atoms with E-state index in [2.05, 4.69) is 34.9 Å². The number of benzene rings is 6. The van der Waals surface area contributed by atoms with Crippen LogP contribution in [0.2, 0.25) is 0 Å². The first-order chi connectivity index (χ1) is 25.6. The Balaban J connectivity index is 0.000000658. The minimum atomic E-state index is -0.346. The highest BCUT2D eigenvalue weighted by molar-refractivity contribution is 6.17. The Morgan fingerprint density at radius 3 is 1.56 bits per heavy atom. The maximum atomic E-state index is 13.2. The van der Waals surface area contributed by atoms with Crippen LogP contribution < -0.4 is 5.63 Å². The van der Waals surface area contributed by atoms with Crippen LogP contribution in [0, 0.1) is 0 Å². The van der Waals surface area contributed by atoms with Crippen LogP contribution >= 0.6 is 0 Å². The summed E-state index contributed by atoms with van der Waals surface area (Å²) in [6.45, 7) is 8.00. The van der Waals surface area contributed by atoms with Crippen molar-refractivity contribution < 1.29 is 4.42 Å². The third-order valence-electron chi connectivity index (χ3n) is 8.83. The molecule has 52 heavy (non-hydrogen) atoms. The second-order valence-corrected chi connectivity index (χ2v) is 11.9. The molecule has 3 aromatic heterocycles. The van der Waals surface area contributed by atoms with Crippen LogP contribution in [0.25, 0.3) is 83.4 Å². The van der Waals surface area contributed by atoms with E-state index in [-0.39, 0.29) is 5.63 Å². The van der Waals surface area contributed by atoms with E-state index in [9.17, 15) is 4.79 Å². The van der Waals surface area contributed by atoms with E-state index in [1.807, 2.05) is 155 Å². The van der Waals surface area contributed by atoms with Crippen LogP contribution in [0.15, 0.2) is 167 Å². The van der Waals surface area contributed by atoms with Crippen molar-refractivity contribution in [2.45, 2.75) is 27.7 Å². The van der Waals surface area contributed by atoms with Crippen LogP contribution in [0.3, 0.4) is 0 Å². The lowest BCUT2D eigenvalue weighted by Gasteiger charge is -2.11. The van der Waals surface area contributed by atoms with Crippen molar-refractivity contribution in [2.24, 2.45) is 0 Å². The van der Waals surface area contributed by atoms with Crippen LogP contribution in [0.4, 0.5) is 0 Å². The second kappa shape index (κ2) is 15.1. The molecule has 6 aromatic carbocycles. The average molecular weight is 679 g/mol. The fourth-order valence-electron chi connectivity index (χ4n) is 6.32. The number of hydrogen-bond acceptors (Lipinski definition) is 5. The van der Waals surface area contributed by atoms with Gasteiger partial charge in [0.15, 0.2) is 17.5 Å². The molecule has 0 N–H and O–H groups in total. The molecule has 0 saturated heterocycles. The van der Waals surface area contributed by atoms with Gasteiger partial charge in [0.1, 0.15) is 5.58 Å². The third kappa shape index (κ3) is 6.38. The monoisotopic (exact) mass is 678 g/mol. The van der Waals surface area contributed by atoms with Gasteiger partial charge in [-0.25, -0.2) is 19.7 Å². The number of aromatic nitrogens is 4. The topological polar surface area (TPSA) is 73.8 Å². The molecule has 0 aliphatic heterocycles. The summed E-state index contributed by atoms with van der Waals surface area (Å²) in [4.78, 5) is 27.8. The summed E-state index contributed by atoms with van der Waals surface area (Å²) in [5.41, 5.74) is 5.90. The molecular weight excluding hydrogens is 641 g/mol. The second-order valence-electron chi connectivity index (χ2n) is 11.9. The molecule has 6 nitrogen and oxygen atoms in total. The van der Waals surface area contributed by atoms with Gasteiger partial charge in [0.2, 0.25) is 0 Å². The molecule has 254 valence electrons. The van der Waals surface area contributed by atoms with Crippen molar-refractivity contribution in [1.29, 1.82) is 0 Å². The summed E-state index contributed by atoms with van der Waals surface area (Å²) in [7, 11) is 0. The van der Waals surface area contributed by atoms with Gasteiger partial charge in [-0.05, 0) is 62.4 Å². The number of allylic oxidation sites excluding steroid dienone is 2. The number of rotatable bonds is 4. The zero-order valence-electron chi connectivity index (χ0n) is 29.6. The zero-order valence-corrected chi connectivity index (χ0v) is 29.6. The van der Waals surface area contributed by atoms with Gasteiger partial charge in [-0.2, -0.15) is 0 Å². The minimum Gasteiger partial charge on any atom is -0.422 e. The molecule has 0 spiro atoms. The molecule has 0 aliphatic carbocycles. The van der Waals surface area contributed by atoms with Gasteiger partial charge in [-0.15, -0.1) is 0 Å². The van der Waals surface area contributed by atoms with Crippen molar-refractivity contribution >= 4 is 43.5 Å². The van der Waals surface area contributed by atoms with Crippen molar-refractivity contribution in [1.82, 2.24) is 19.5 Å². The van der Waals surface area contributed by atoms with Gasteiger partial charge in [0.05, 0.1) is 16.4 Å². The maximum absolute atomic E-state index is 13.2. The Morgan fingerprint density at radius 1 is 0.481 bits per heavy atom. The highest BCUT2D eigenvalue weighted by atomic mass is 16.4. The van der Waals surface area contributed by atoms with Crippen LogP contribution in [0.5, 0.6) is 0 Å². The smallest absolute Gasteiger partial charge is 0.344 e.